The van der Waals surface area contributed by atoms with Crippen LogP contribution in [-0.4, -0.2) is 31.7 Å². The first-order valence-corrected chi connectivity index (χ1v) is 10.3. The number of carbonyl (C=O) groups excluding carboxylic acids is 1. The van der Waals surface area contributed by atoms with Crippen LogP contribution in [0, 0.1) is 6.92 Å². The van der Waals surface area contributed by atoms with Crippen molar-refractivity contribution in [2.24, 2.45) is 0 Å². The third-order valence-electron chi connectivity index (χ3n) is 4.41. The summed E-state index contributed by atoms with van der Waals surface area (Å²) in [6, 6.07) is 5.12. The van der Waals surface area contributed by atoms with Gasteiger partial charge in [0, 0.05) is 25.2 Å². The Balaban J connectivity index is 2.14. The number of rotatable bonds is 7. The molecule has 1 heterocycles. The van der Waals surface area contributed by atoms with Crippen molar-refractivity contribution in [1.82, 2.24) is 4.31 Å². The average molecular weight is 353 g/mol. The summed E-state index contributed by atoms with van der Waals surface area (Å²) in [6.07, 6.45) is 6.31. The van der Waals surface area contributed by atoms with Crippen LogP contribution in [0.15, 0.2) is 23.1 Å². The van der Waals surface area contributed by atoms with Crippen LogP contribution in [0.2, 0.25) is 0 Å². The van der Waals surface area contributed by atoms with E-state index >= 15 is 0 Å². The van der Waals surface area contributed by atoms with E-state index in [2.05, 4.69) is 12.2 Å². The molecule has 5 nitrogen and oxygen atoms in total. The standard InChI is InChI=1S/C18H28N2O3S/c1-3-4-6-9-18(21)19-16-11-10-15(2)17(14-16)24(22,23)20-12-7-5-8-13-20/h10-11,14H,3-9,12-13H2,1-2H3,(H,19,21). The molecule has 1 saturated heterocycles. The summed E-state index contributed by atoms with van der Waals surface area (Å²) in [5.74, 6) is -0.0615. The van der Waals surface area contributed by atoms with E-state index in [0.717, 1.165) is 38.5 Å². The van der Waals surface area contributed by atoms with Crippen molar-refractivity contribution in [2.45, 2.75) is 63.7 Å². The van der Waals surface area contributed by atoms with Crippen molar-refractivity contribution in [3.8, 4) is 0 Å². The van der Waals surface area contributed by atoms with Crippen molar-refractivity contribution in [2.75, 3.05) is 18.4 Å². The minimum absolute atomic E-state index is 0.0615. The maximum absolute atomic E-state index is 12.9. The summed E-state index contributed by atoms with van der Waals surface area (Å²) in [7, 11) is -3.49. The number of nitrogens with one attached hydrogen (secondary N) is 1. The van der Waals surface area contributed by atoms with Crippen LogP contribution in [0.25, 0.3) is 0 Å². The van der Waals surface area contributed by atoms with Gasteiger partial charge >= 0.3 is 0 Å². The molecular weight excluding hydrogens is 324 g/mol. The van der Waals surface area contributed by atoms with E-state index in [-0.39, 0.29) is 5.91 Å². The molecular formula is C18H28N2O3S. The minimum Gasteiger partial charge on any atom is -0.326 e. The van der Waals surface area contributed by atoms with Crippen LogP contribution in [0.5, 0.6) is 0 Å². The summed E-state index contributed by atoms with van der Waals surface area (Å²) >= 11 is 0. The smallest absolute Gasteiger partial charge is 0.243 e. The molecule has 1 aliphatic heterocycles. The Labute approximate surface area is 145 Å². The fourth-order valence-corrected chi connectivity index (χ4v) is 4.73. The largest absolute Gasteiger partial charge is 0.326 e. The van der Waals surface area contributed by atoms with Crippen LogP contribution < -0.4 is 5.32 Å². The predicted octanol–water partition coefficient (Wildman–Crippen LogP) is 3.69. The average Bonchev–Trinajstić information content (AvgIpc) is 2.57. The molecule has 1 aromatic rings. The van der Waals surface area contributed by atoms with Crippen LogP contribution in [0.3, 0.4) is 0 Å². The number of sulfonamides is 1. The Hall–Kier alpha value is -1.40. The molecule has 1 amide bonds. The van der Waals surface area contributed by atoms with Gasteiger partial charge in [0.2, 0.25) is 15.9 Å². The predicted molar refractivity (Wildman–Crippen MR) is 96.6 cm³/mol. The Bertz CT molecular complexity index is 665. The lowest BCUT2D eigenvalue weighted by molar-refractivity contribution is -0.116. The van der Waals surface area contributed by atoms with Gasteiger partial charge in [-0.2, -0.15) is 4.31 Å². The highest BCUT2D eigenvalue weighted by molar-refractivity contribution is 7.89. The second-order valence-corrected chi connectivity index (χ2v) is 8.36. The molecule has 2 rings (SSSR count). The van der Waals surface area contributed by atoms with Gasteiger partial charge < -0.3 is 5.32 Å². The fraction of sp³-hybridized carbons (Fsp3) is 0.611. The van der Waals surface area contributed by atoms with Crippen LogP contribution in [0.4, 0.5) is 5.69 Å². The van der Waals surface area contributed by atoms with Gasteiger partial charge in [-0.25, -0.2) is 8.42 Å². The number of amides is 1. The fourth-order valence-electron chi connectivity index (χ4n) is 2.96. The third-order valence-corrected chi connectivity index (χ3v) is 6.45. The van der Waals surface area contributed by atoms with Gasteiger partial charge in [-0.15, -0.1) is 0 Å². The maximum atomic E-state index is 12.9. The lowest BCUT2D eigenvalue weighted by Crippen LogP contribution is -2.36. The van der Waals surface area contributed by atoms with E-state index in [0.29, 0.717) is 35.7 Å². The molecule has 0 unspecified atom stereocenters. The van der Waals surface area contributed by atoms with E-state index in [4.69, 9.17) is 0 Å². The second-order valence-electron chi connectivity index (χ2n) is 6.45. The third kappa shape index (κ3) is 4.80. The van der Waals surface area contributed by atoms with Crippen molar-refractivity contribution in [1.29, 1.82) is 0 Å². The van der Waals surface area contributed by atoms with Crippen molar-refractivity contribution in [3.63, 3.8) is 0 Å². The number of aryl methyl sites for hydroxylation is 1. The van der Waals surface area contributed by atoms with Gasteiger partial charge in [0.15, 0.2) is 0 Å². The summed E-state index contributed by atoms with van der Waals surface area (Å²) in [6.45, 7) is 5.05. The van der Waals surface area contributed by atoms with Gasteiger partial charge in [-0.05, 0) is 43.9 Å². The van der Waals surface area contributed by atoms with Crippen LogP contribution >= 0.6 is 0 Å². The molecule has 0 aliphatic carbocycles. The van der Waals surface area contributed by atoms with Crippen molar-refractivity contribution >= 4 is 21.6 Å². The highest BCUT2D eigenvalue weighted by Gasteiger charge is 2.27. The molecule has 1 aromatic carbocycles. The first-order chi connectivity index (χ1) is 11.4. The molecule has 1 fully saturated rings. The van der Waals surface area contributed by atoms with E-state index in [1.807, 2.05) is 0 Å². The molecule has 1 aliphatic rings. The lowest BCUT2D eigenvalue weighted by Gasteiger charge is -2.26. The summed E-state index contributed by atoms with van der Waals surface area (Å²) in [4.78, 5) is 12.3. The monoisotopic (exact) mass is 352 g/mol. The maximum Gasteiger partial charge on any atom is 0.243 e. The van der Waals surface area contributed by atoms with Gasteiger partial charge in [0.1, 0.15) is 0 Å². The van der Waals surface area contributed by atoms with Gasteiger partial charge in [-0.1, -0.05) is 32.3 Å². The first-order valence-electron chi connectivity index (χ1n) is 8.86. The molecule has 0 atom stereocenters. The molecule has 0 saturated carbocycles. The van der Waals surface area contributed by atoms with E-state index in [1.54, 1.807) is 29.4 Å². The molecule has 24 heavy (non-hydrogen) atoms. The molecule has 0 radical (unpaired) electrons. The summed E-state index contributed by atoms with van der Waals surface area (Å²) in [5, 5.41) is 2.82. The SMILES string of the molecule is CCCCCC(=O)Nc1ccc(C)c(S(=O)(=O)N2CCCCC2)c1. The van der Waals surface area contributed by atoms with Crippen molar-refractivity contribution < 1.29 is 13.2 Å². The summed E-state index contributed by atoms with van der Waals surface area (Å²) in [5.41, 5.74) is 1.27. The van der Waals surface area contributed by atoms with E-state index in [1.165, 1.54) is 0 Å². The molecule has 6 heteroatoms. The number of hydrogen-bond acceptors (Lipinski definition) is 3. The number of carbonyl (C=O) groups is 1. The molecule has 134 valence electrons. The lowest BCUT2D eigenvalue weighted by atomic mass is 10.2. The molecule has 0 bridgehead atoms. The number of piperidine rings is 1. The molecule has 0 spiro atoms. The quantitative estimate of drug-likeness (QED) is 0.761. The van der Waals surface area contributed by atoms with E-state index < -0.39 is 10.0 Å². The zero-order valence-corrected chi connectivity index (χ0v) is 15.5. The number of anilines is 1. The summed E-state index contributed by atoms with van der Waals surface area (Å²) < 4.78 is 27.3. The Morgan fingerprint density at radius 2 is 1.88 bits per heavy atom. The zero-order chi connectivity index (χ0) is 17.6. The topological polar surface area (TPSA) is 66.5 Å². The van der Waals surface area contributed by atoms with Gasteiger partial charge in [-0.3, -0.25) is 4.79 Å². The Kier molecular flexibility index (Phi) is 6.80. The van der Waals surface area contributed by atoms with Crippen LogP contribution in [0.1, 0.15) is 57.4 Å². The Morgan fingerprint density at radius 3 is 2.54 bits per heavy atom. The Morgan fingerprint density at radius 1 is 1.17 bits per heavy atom. The number of unbranched alkanes of at least 4 members (excludes halogenated alkanes) is 2. The highest BCUT2D eigenvalue weighted by atomic mass is 32.2. The zero-order valence-electron chi connectivity index (χ0n) is 14.7. The van der Waals surface area contributed by atoms with Gasteiger partial charge in [0.05, 0.1) is 4.90 Å². The normalized spacial score (nSPS) is 16.1. The van der Waals surface area contributed by atoms with E-state index in [9.17, 15) is 13.2 Å². The highest BCUT2D eigenvalue weighted by Crippen LogP contribution is 2.26. The molecule has 0 aromatic heterocycles. The minimum atomic E-state index is -3.49. The van der Waals surface area contributed by atoms with Crippen LogP contribution in [-0.2, 0) is 14.8 Å². The van der Waals surface area contributed by atoms with Gasteiger partial charge in [0.25, 0.3) is 0 Å². The number of nitrogens with zero attached hydrogens (tertiary/aromatic N) is 1. The second kappa shape index (κ2) is 8.62. The number of benzene rings is 1. The number of hydrogen-bond donors (Lipinski definition) is 1. The molecule has 1 N–H and O–H groups in total. The van der Waals surface area contributed by atoms with Crippen molar-refractivity contribution in [3.05, 3.63) is 23.8 Å². The first kappa shape index (κ1) is 18.9.